The predicted molar refractivity (Wildman–Crippen MR) is 117 cm³/mol. The monoisotopic (exact) mass is 468 g/mol. The molecule has 0 radical (unpaired) electrons. The molecule has 12 heteroatoms. The molecule has 0 aliphatic carbocycles. The average Bonchev–Trinajstić information content (AvgIpc) is 3.31. The number of hydrogen-bond donors (Lipinski definition) is 8. The molecule has 11 nitrogen and oxygen atoms in total. The topological polar surface area (TPSA) is 177 Å². The van der Waals surface area contributed by atoms with Crippen LogP contribution in [-0.2, 0) is 25.6 Å². The van der Waals surface area contributed by atoms with Crippen LogP contribution in [0.5, 0.6) is 5.75 Å². The number of aliphatic hydroxyl groups is 1. The number of aliphatic hydroxyl groups excluding tert-OH is 1. The third-order valence-electron chi connectivity index (χ3n) is 5.00. The van der Waals surface area contributed by atoms with Crippen LogP contribution in [-0.4, -0.2) is 82.1 Å². The number of amides is 3. The minimum absolute atomic E-state index is 0.0534. The summed E-state index contributed by atoms with van der Waals surface area (Å²) in [7, 11) is 0. The van der Waals surface area contributed by atoms with Crippen molar-refractivity contribution in [1.29, 1.82) is 0 Å². The normalized spacial score (nSPS) is 18.2. The van der Waals surface area contributed by atoms with Gasteiger partial charge >= 0.3 is 5.97 Å². The average molecular weight is 469 g/mol. The van der Waals surface area contributed by atoms with Crippen molar-refractivity contribution in [3.63, 3.8) is 0 Å². The first-order valence-corrected chi connectivity index (χ1v) is 10.7. The Morgan fingerprint density at radius 3 is 2.19 bits per heavy atom. The molecule has 0 spiro atoms. The van der Waals surface area contributed by atoms with Gasteiger partial charge in [0.2, 0.25) is 17.7 Å². The number of hydrogen-bond acceptors (Lipinski definition) is 8. The molecule has 4 unspecified atom stereocenters. The van der Waals surface area contributed by atoms with Crippen molar-refractivity contribution in [2.45, 2.75) is 43.4 Å². The molecule has 1 aliphatic rings. The first-order valence-electron chi connectivity index (χ1n) is 10.1. The van der Waals surface area contributed by atoms with E-state index in [0.717, 1.165) is 6.42 Å². The van der Waals surface area contributed by atoms with E-state index in [4.69, 9.17) is 10.2 Å². The summed E-state index contributed by atoms with van der Waals surface area (Å²) < 4.78 is 0. The quantitative estimate of drug-likeness (QED) is 0.174. The Hall–Kier alpha value is -2.83. The fourth-order valence-electron chi connectivity index (χ4n) is 3.18. The summed E-state index contributed by atoms with van der Waals surface area (Å²) in [5.74, 6) is -3.35. The lowest BCUT2D eigenvalue weighted by Crippen LogP contribution is -2.58. The molecular weight excluding hydrogens is 440 g/mol. The van der Waals surface area contributed by atoms with Gasteiger partial charge in [-0.05, 0) is 37.1 Å². The van der Waals surface area contributed by atoms with Gasteiger partial charge in [0.15, 0.2) is 0 Å². The SMILES string of the molecule is O=C(O)C(CO)NC(=O)C(CS)NC(=O)C(Cc1ccc(O)cc1)NC(=O)C1CCCN1. The zero-order valence-corrected chi connectivity index (χ0v) is 18.2. The van der Waals surface area contributed by atoms with E-state index < -0.39 is 48.6 Å². The van der Waals surface area contributed by atoms with Crippen LogP contribution >= 0.6 is 12.6 Å². The van der Waals surface area contributed by atoms with Crippen LogP contribution in [0, 0.1) is 0 Å². The van der Waals surface area contributed by atoms with E-state index in [-0.39, 0.29) is 23.8 Å². The molecule has 4 atom stereocenters. The lowest BCUT2D eigenvalue weighted by Gasteiger charge is -2.24. The summed E-state index contributed by atoms with van der Waals surface area (Å²) >= 11 is 4.04. The lowest BCUT2D eigenvalue weighted by atomic mass is 10.0. The number of aromatic hydroxyl groups is 1. The maximum absolute atomic E-state index is 13.0. The number of thiol groups is 1. The van der Waals surface area contributed by atoms with Gasteiger partial charge in [-0.3, -0.25) is 14.4 Å². The number of nitrogens with one attached hydrogen (secondary N) is 4. The fraction of sp³-hybridized carbons (Fsp3) is 0.500. The summed E-state index contributed by atoms with van der Waals surface area (Å²) in [6.45, 7) is -0.118. The molecule has 2 rings (SSSR count). The van der Waals surface area contributed by atoms with E-state index in [2.05, 4.69) is 33.9 Å². The summed E-state index contributed by atoms with van der Waals surface area (Å²) in [6.07, 6.45) is 1.57. The largest absolute Gasteiger partial charge is 0.508 e. The van der Waals surface area contributed by atoms with Crippen molar-refractivity contribution in [3.8, 4) is 5.75 Å². The number of aliphatic carboxylic acids is 1. The van der Waals surface area contributed by atoms with Crippen LogP contribution in [0.25, 0.3) is 0 Å². The molecule has 1 saturated heterocycles. The highest BCUT2D eigenvalue weighted by atomic mass is 32.1. The Morgan fingerprint density at radius 1 is 1.03 bits per heavy atom. The Morgan fingerprint density at radius 2 is 1.66 bits per heavy atom. The first-order chi connectivity index (χ1) is 15.2. The summed E-state index contributed by atoms with van der Waals surface area (Å²) in [6, 6.07) is 1.96. The molecule has 3 amide bonds. The summed E-state index contributed by atoms with van der Waals surface area (Å²) in [4.78, 5) is 48.9. The van der Waals surface area contributed by atoms with Crippen LogP contribution in [0.15, 0.2) is 24.3 Å². The van der Waals surface area contributed by atoms with Crippen molar-refractivity contribution in [2.24, 2.45) is 0 Å². The van der Waals surface area contributed by atoms with Gasteiger partial charge in [0, 0.05) is 12.2 Å². The number of phenolic OH excluding ortho intramolecular Hbond substituents is 1. The molecule has 1 aliphatic heterocycles. The van der Waals surface area contributed by atoms with Crippen molar-refractivity contribution in [3.05, 3.63) is 29.8 Å². The number of carbonyl (C=O) groups excluding carboxylic acids is 3. The molecule has 1 aromatic rings. The van der Waals surface area contributed by atoms with Gasteiger partial charge in [-0.1, -0.05) is 12.1 Å². The third kappa shape index (κ3) is 7.39. The molecule has 1 heterocycles. The van der Waals surface area contributed by atoms with E-state index in [1.807, 2.05) is 0 Å². The molecule has 1 fully saturated rings. The van der Waals surface area contributed by atoms with Gasteiger partial charge in [0.05, 0.1) is 12.6 Å². The smallest absolute Gasteiger partial charge is 0.328 e. The maximum Gasteiger partial charge on any atom is 0.328 e. The van der Waals surface area contributed by atoms with Crippen molar-refractivity contribution >= 4 is 36.3 Å². The van der Waals surface area contributed by atoms with E-state index in [0.29, 0.717) is 18.5 Å². The zero-order chi connectivity index (χ0) is 23.7. The van der Waals surface area contributed by atoms with Crippen LogP contribution in [0.1, 0.15) is 18.4 Å². The zero-order valence-electron chi connectivity index (χ0n) is 17.3. The fourth-order valence-corrected chi connectivity index (χ4v) is 3.44. The Kier molecular flexibility index (Phi) is 9.75. The highest BCUT2D eigenvalue weighted by molar-refractivity contribution is 7.80. The molecule has 176 valence electrons. The molecule has 7 N–H and O–H groups in total. The molecule has 0 aromatic heterocycles. The first kappa shape index (κ1) is 25.4. The summed E-state index contributed by atoms with van der Waals surface area (Å²) in [5.41, 5.74) is 0.667. The van der Waals surface area contributed by atoms with Crippen molar-refractivity contribution in [2.75, 3.05) is 18.9 Å². The Balaban J connectivity index is 2.11. The van der Waals surface area contributed by atoms with Gasteiger partial charge < -0.3 is 36.6 Å². The van der Waals surface area contributed by atoms with E-state index in [1.165, 1.54) is 12.1 Å². The van der Waals surface area contributed by atoms with Gasteiger partial charge in [-0.15, -0.1) is 0 Å². The van der Waals surface area contributed by atoms with E-state index in [9.17, 15) is 24.3 Å². The van der Waals surface area contributed by atoms with Crippen LogP contribution in [0.4, 0.5) is 0 Å². The predicted octanol–water partition coefficient (Wildman–Crippen LogP) is -1.85. The Bertz CT molecular complexity index is 815. The number of benzene rings is 1. The number of carboxylic acids is 1. The van der Waals surface area contributed by atoms with Gasteiger partial charge in [0.1, 0.15) is 23.9 Å². The highest BCUT2D eigenvalue weighted by Gasteiger charge is 2.31. The Labute approximate surface area is 190 Å². The second kappa shape index (κ2) is 12.3. The van der Waals surface area contributed by atoms with E-state index >= 15 is 0 Å². The second-order valence-electron chi connectivity index (χ2n) is 7.41. The lowest BCUT2D eigenvalue weighted by molar-refractivity contribution is -0.143. The summed E-state index contributed by atoms with van der Waals surface area (Å²) in [5, 5.41) is 37.9. The van der Waals surface area contributed by atoms with Crippen LogP contribution in [0.2, 0.25) is 0 Å². The molecule has 0 bridgehead atoms. The van der Waals surface area contributed by atoms with Crippen LogP contribution < -0.4 is 21.3 Å². The molecule has 1 aromatic carbocycles. The van der Waals surface area contributed by atoms with Gasteiger partial charge in [-0.2, -0.15) is 12.6 Å². The van der Waals surface area contributed by atoms with Gasteiger partial charge in [-0.25, -0.2) is 4.79 Å². The van der Waals surface area contributed by atoms with Crippen LogP contribution in [0.3, 0.4) is 0 Å². The highest BCUT2D eigenvalue weighted by Crippen LogP contribution is 2.12. The number of carboxylic acid groups (broad SMARTS) is 1. The van der Waals surface area contributed by atoms with Crippen molar-refractivity contribution < 1.29 is 34.5 Å². The molecular formula is C20H28N4O7S. The molecule has 32 heavy (non-hydrogen) atoms. The molecule has 0 saturated carbocycles. The van der Waals surface area contributed by atoms with Crippen molar-refractivity contribution in [1.82, 2.24) is 21.3 Å². The minimum atomic E-state index is -1.53. The maximum atomic E-state index is 13.0. The number of phenols is 1. The van der Waals surface area contributed by atoms with Gasteiger partial charge in [0.25, 0.3) is 0 Å². The second-order valence-corrected chi connectivity index (χ2v) is 7.77. The third-order valence-corrected chi connectivity index (χ3v) is 5.36. The number of rotatable bonds is 11. The number of carbonyl (C=O) groups is 4. The standard InChI is InChI=1S/C20H28N4O7S/c25-9-15(20(30)31)23-19(29)16(10-32)24-18(28)14(8-11-3-5-12(26)6-4-11)22-17(27)13-2-1-7-21-13/h3-6,13-16,21,25-26,32H,1-2,7-10H2,(H,22,27)(H,23,29)(H,24,28)(H,30,31). The van der Waals surface area contributed by atoms with E-state index in [1.54, 1.807) is 12.1 Å². The minimum Gasteiger partial charge on any atom is -0.508 e.